The predicted molar refractivity (Wildman–Crippen MR) is 116 cm³/mol. The Kier molecular flexibility index (Phi) is 5.59. The van der Waals surface area contributed by atoms with Gasteiger partial charge in [0.05, 0.1) is 5.39 Å². The first-order valence-electron chi connectivity index (χ1n) is 10.9. The van der Waals surface area contributed by atoms with Gasteiger partial charge in [0.15, 0.2) is 0 Å². The van der Waals surface area contributed by atoms with Gasteiger partial charge >= 0.3 is 0 Å². The van der Waals surface area contributed by atoms with Crippen molar-refractivity contribution >= 4 is 33.3 Å². The van der Waals surface area contributed by atoms with Crippen molar-refractivity contribution in [2.75, 3.05) is 31.1 Å². The van der Waals surface area contributed by atoms with Crippen LogP contribution in [0.1, 0.15) is 69.1 Å². The number of rotatable bonds is 4. The number of aryl methyl sites for hydroxylation is 1. The molecule has 0 unspecified atom stereocenters. The van der Waals surface area contributed by atoms with Gasteiger partial charge in [0.2, 0.25) is 5.91 Å². The summed E-state index contributed by atoms with van der Waals surface area (Å²) in [6.45, 7) is 12.0. The average Bonchev–Trinajstić information content (AvgIpc) is 3.09. The summed E-state index contributed by atoms with van der Waals surface area (Å²) in [5, 5.41) is 1.30. The number of anilines is 1. The van der Waals surface area contributed by atoms with E-state index in [1.807, 2.05) is 23.2 Å². The minimum absolute atomic E-state index is 0.259. The molecule has 2 aliphatic rings. The maximum absolute atomic E-state index is 12.1. The molecule has 1 fully saturated rings. The molecule has 0 saturated carbocycles. The van der Waals surface area contributed by atoms with Crippen molar-refractivity contribution in [3.05, 3.63) is 16.3 Å². The van der Waals surface area contributed by atoms with Crippen LogP contribution in [0.15, 0.2) is 0 Å². The van der Waals surface area contributed by atoms with E-state index in [0.717, 1.165) is 56.6 Å². The molecule has 28 heavy (non-hydrogen) atoms. The summed E-state index contributed by atoms with van der Waals surface area (Å²) < 4.78 is 0. The number of aromatic nitrogens is 2. The highest BCUT2D eigenvalue weighted by Gasteiger charge is 2.28. The summed E-state index contributed by atoms with van der Waals surface area (Å²) in [5.41, 5.74) is 1.50. The minimum Gasteiger partial charge on any atom is -0.352 e. The Hall–Kier alpha value is -1.69. The van der Waals surface area contributed by atoms with Crippen LogP contribution in [0.4, 0.5) is 5.82 Å². The zero-order valence-corrected chi connectivity index (χ0v) is 18.4. The monoisotopic (exact) mass is 400 g/mol. The fourth-order valence-electron chi connectivity index (χ4n) is 4.36. The lowest BCUT2D eigenvalue weighted by Gasteiger charge is -2.36. The molecule has 5 nitrogen and oxygen atoms in total. The first-order chi connectivity index (χ1) is 13.5. The summed E-state index contributed by atoms with van der Waals surface area (Å²) in [6.07, 6.45) is 5.21. The van der Waals surface area contributed by atoms with Gasteiger partial charge < -0.3 is 9.80 Å². The number of carbonyl (C=O) groups is 1. The van der Waals surface area contributed by atoms with Crippen molar-refractivity contribution in [3.8, 4) is 0 Å². The molecule has 1 aliphatic heterocycles. The third-order valence-electron chi connectivity index (χ3n) is 6.44. The van der Waals surface area contributed by atoms with Gasteiger partial charge in [-0.2, -0.15) is 0 Å². The smallest absolute Gasteiger partial charge is 0.222 e. The van der Waals surface area contributed by atoms with E-state index in [4.69, 9.17) is 9.97 Å². The van der Waals surface area contributed by atoms with Gasteiger partial charge in [0, 0.05) is 43.4 Å². The van der Waals surface area contributed by atoms with Crippen molar-refractivity contribution in [3.63, 3.8) is 0 Å². The van der Waals surface area contributed by atoms with E-state index < -0.39 is 0 Å². The van der Waals surface area contributed by atoms with E-state index >= 15 is 0 Å². The van der Waals surface area contributed by atoms with Gasteiger partial charge in [-0.15, -0.1) is 11.3 Å². The Morgan fingerprint density at radius 3 is 2.64 bits per heavy atom. The van der Waals surface area contributed by atoms with E-state index in [2.05, 4.69) is 25.7 Å². The molecule has 3 heterocycles. The Morgan fingerprint density at radius 2 is 1.96 bits per heavy atom. The van der Waals surface area contributed by atoms with Gasteiger partial charge in [-0.1, -0.05) is 27.7 Å². The lowest BCUT2D eigenvalue weighted by molar-refractivity contribution is -0.131. The summed E-state index contributed by atoms with van der Waals surface area (Å²) in [4.78, 5) is 29.3. The molecular weight excluding hydrogens is 368 g/mol. The molecule has 0 bridgehead atoms. The molecule has 0 N–H and O–H groups in total. The fourth-order valence-corrected chi connectivity index (χ4v) is 5.75. The van der Waals surface area contributed by atoms with Gasteiger partial charge in [-0.05, 0) is 37.2 Å². The van der Waals surface area contributed by atoms with Crippen molar-refractivity contribution in [1.29, 1.82) is 0 Å². The zero-order valence-electron chi connectivity index (χ0n) is 17.6. The van der Waals surface area contributed by atoms with Crippen molar-refractivity contribution in [2.24, 2.45) is 5.92 Å². The van der Waals surface area contributed by atoms with Crippen molar-refractivity contribution in [1.82, 2.24) is 14.9 Å². The van der Waals surface area contributed by atoms with Crippen LogP contribution in [0.5, 0.6) is 0 Å². The highest BCUT2D eigenvalue weighted by Crippen LogP contribution is 2.41. The maximum Gasteiger partial charge on any atom is 0.222 e. The molecular formula is C22H32N4OS. The van der Waals surface area contributed by atoms with Crippen LogP contribution in [0.3, 0.4) is 0 Å². The summed E-state index contributed by atoms with van der Waals surface area (Å²) in [5.74, 6) is 3.48. The number of amides is 1. The van der Waals surface area contributed by atoms with Gasteiger partial charge in [-0.25, -0.2) is 9.97 Å². The molecule has 2 aromatic rings. The second-order valence-electron chi connectivity index (χ2n) is 8.47. The molecule has 2 atom stereocenters. The summed E-state index contributed by atoms with van der Waals surface area (Å²) in [6, 6.07) is 0. The molecule has 6 heteroatoms. The maximum atomic E-state index is 12.1. The molecule has 1 saturated heterocycles. The molecule has 4 rings (SSSR count). The standard InChI is InChI=1S/C22H32N4OS/c1-5-15(4)20-23-21(26-11-9-25(10-12-26)18(27)6-2)19-16-8-7-14(3)13-17(16)28-22(19)24-20/h14-15H,5-13H2,1-4H3/t14-,15+/m0/s1. The van der Waals surface area contributed by atoms with Crippen LogP contribution in [-0.2, 0) is 17.6 Å². The van der Waals surface area contributed by atoms with Gasteiger partial charge in [0.1, 0.15) is 16.5 Å². The van der Waals surface area contributed by atoms with E-state index in [1.165, 1.54) is 33.5 Å². The molecule has 0 radical (unpaired) electrons. The Labute approximate surface area is 172 Å². The number of hydrogen-bond acceptors (Lipinski definition) is 5. The number of carbonyl (C=O) groups excluding carboxylic acids is 1. The van der Waals surface area contributed by atoms with Crippen LogP contribution in [0.2, 0.25) is 0 Å². The van der Waals surface area contributed by atoms with Crippen LogP contribution in [-0.4, -0.2) is 47.0 Å². The third-order valence-corrected chi connectivity index (χ3v) is 7.59. The minimum atomic E-state index is 0.259. The summed E-state index contributed by atoms with van der Waals surface area (Å²) >= 11 is 1.89. The summed E-state index contributed by atoms with van der Waals surface area (Å²) in [7, 11) is 0. The molecule has 1 aliphatic carbocycles. The average molecular weight is 401 g/mol. The topological polar surface area (TPSA) is 49.3 Å². The van der Waals surface area contributed by atoms with Crippen LogP contribution < -0.4 is 4.90 Å². The number of piperazine rings is 1. The highest BCUT2D eigenvalue weighted by molar-refractivity contribution is 7.19. The number of fused-ring (bicyclic) bond motifs is 3. The van der Waals surface area contributed by atoms with E-state index in [-0.39, 0.29) is 5.91 Å². The van der Waals surface area contributed by atoms with Crippen molar-refractivity contribution < 1.29 is 4.79 Å². The Bertz CT molecular complexity index is 869. The van der Waals surface area contributed by atoms with Crippen LogP contribution >= 0.6 is 11.3 Å². The Morgan fingerprint density at radius 1 is 1.21 bits per heavy atom. The quantitative estimate of drug-likeness (QED) is 0.764. The number of thiophene rings is 1. The molecule has 0 spiro atoms. The predicted octanol–water partition coefficient (Wildman–Crippen LogP) is 4.39. The third kappa shape index (κ3) is 3.51. The fraction of sp³-hybridized carbons (Fsp3) is 0.682. The van der Waals surface area contributed by atoms with Gasteiger partial charge in [-0.3, -0.25) is 4.79 Å². The zero-order chi connectivity index (χ0) is 19.8. The van der Waals surface area contributed by atoms with Crippen LogP contribution in [0.25, 0.3) is 10.2 Å². The van der Waals surface area contributed by atoms with E-state index in [0.29, 0.717) is 12.3 Å². The molecule has 152 valence electrons. The van der Waals surface area contributed by atoms with Crippen LogP contribution in [0, 0.1) is 5.92 Å². The Balaban J connectivity index is 1.74. The normalized spacial score (nSPS) is 21.1. The molecule has 2 aromatic heterocycles. The van der Waals surface area contributed by atoms with E-state index in [1.54, 1.807) is 0 Å². The molecule has 0 aromatic carbocycles. The largest absolute Gasteiger partial charge is 0.352 e. The lowest BCUT2D eigenvalue weighted by atomic mass is 9.89. The molecule has 1 amide bonds. The second-order valence-corrected chi connectivity index (χ2v) is 9.55. The first kappa shape index (κ1) is 19.6. The lowest BCUT2D eigenvalue weighted by Crippen LogP contribution is -2.49. The SMILES string of the molecule is CCC(=O)N1CCN(c2nc([C@H](C)CC)nc3sc4c(c23)CC[C@H](C)C4)CC1. The first-order valence-corrected chi connectivity index (χ1v) is 11.7. The second kappa shape index (κ2) is 7.97. The number of nitrogens with zero attached hydrogens (tertiary/aromatic N) is 4. The van der Waals surface area contributed by atoms with Crippen molar-refractivity contribution in [2.45, 2.75) is 65.7 Å². The van der Waals surface area contributed by atoms with Gasteiger partial charge in [0.25, 0.3) is 0 Å². The number of hydrogen-bond donors (Lipinski definition) is 0. The highest BCUT2D eigenvalue weighted by atomic mass is 32.1. The van der Waals surface area contributed by atoms with E-state index in [9.17, 15) is 4.79 Å².